The summed E-state index contributed by atoms with van der Waals surface area (Å²) in [7, 11) is 0. The second-order valence-electron chi connectivity index (χ2n) is 4.60. The van der Waals surface area contributed by atoms with E-state index in [9.17, 15) is 4.79 Å². The lowest BCUT2D eigenvalue weighted by Crippen LogP contribution is -2.14. The summed E-state index contributed by atoms with van der Waals surface area (Å²) < 4.78 is 0. The Kier molecular flexibility index (Phi) is 5.09. The van der Waals surface area contributed by atoms with Gasteiger partial charge in [-0.2, -0.15) is 0 Å². The van der Waals surface area contributed by atoms with Gasteiger partial charge in [0.2, 0.25) is 5.91 Å². The molecule has 0 radical (unpaired) electrons. The van der Waals surface area contributed by atoms with Crippen molar-refractivity contribution in [3.8, 4) is 0 Å². The highest BCUT2D eigenvalue weighted by Gasteiger charge is 2.10. The van der Waals surface area contributed by atoms with Crippen LogP contribution in [0, 0.1) is 0 Å². The van der Waals surface area contributed by atoms with E-state index in [0.717, 1.165) is 16.1 Å². The number of fused-ring (bicyclic) bond motifs is 1. The molecule has 2 aromatic heterocycles. The number of rotatable bonds is 5. The summed E-state index contributed by atoms with van der Waals surface area (Å²) in [6, 6.07) is 9.47. The maximum atomic E-state index is 12.1. The van der Waals surface area contributed by atoms with Crippen LogP contribution < -0.4 is 5.32 Å². The number of pyridine rings is 1. The quantitative estimate of drug-likeness (QED) is 0.668. The average Bonchev–Trinajstić information content (AvgIpc) is 2.95. The van der Waals surface area contributed by atoms with Crippen LogP contribution in [0.5, 0.6) is 0 Å². The molecule has 1 aromatic carbocycles. The number of thioether (sulfide) groups is 2. The number of halogens is 1. The Balaban J connectivity index is 1.63. The molecule has 3 aromatic rings. The van der Waals surface area contributed by atoms with Crippen LogP contribution in [-0.4, -0.2) is 32.9 Å². The monoisotopic (exact) mass is 364 g/mol. The Bertz CT molecular complexity index is 852. The number of nitrogens with one attached hydrogen (secondary N) is 2. The lowest BCUT2D eigenvalue weighted by molar-refractivity contribution is -0.113. The molecule has 0 bridgehead atoms. The Hall–Kier alpha value is -1.70. The second-order valence-corrected chi connectivity index (χ2v) is 6.85. The molecule has 23 heavy (non-hydrogen) atoms. The first-order chi connectivity index (χ1) is 11.2. The molecule has 0 fully saturated rings. The van der Waals surface area contributed by atoms with E-state index in [2.05, 4.69) is 20.3 Å². The molecule has 0 spiro atoms. The largest absolute Gasteiger partial charge is 0.331 e. The van der Waals surface area contributed by atoms with Crippen molar-refractivity contribution in [2.24, 2.45) is 0 Å². The number of hydrogen-bond acceptors (Lipinski definition) is 5. The Morgan fingerprint density at radius 1 is 1.39 bits per heavy atom. The van der Waals surface area contributed by atoms with Gasteiger partial charge in [0.1, 0.15) is 0 Å². The van der Waals surface area contributed by atoms with Crippen molar-refractivity contribution in [3.05, 3.63) is 41.6 Å². The third-order valence-electron chi connectivity index (χ3n) is 3.00. The zero-order valence-electron chi connectivity index (χ0n) is 12.2. The van der Waals surface area contributed by atoms with Gasteiger partial charge in [-0.05, 0) is 24.5 Å². The van der Waals surface area contributed by atoms with Crippen LogP contribution >= 0.6 is 35.1 Å². The van der Waals surface area contributed by atoms with Gasteiger partial charge in [-0.25, -0.2) is 9.97 Å². The zero-order chi connectivity index (χ0) is 16.2. The summed E-state index contributed by atoms with van der Waals surface area (Å²) in [5.41, 5.74) is 2.17. The number of benzene rings is 1. The van der Waals surface area contributed by atoms with Gasteiger partial charge in [0.25, 0.3) is 0 Å². The molecule has 2 heterocycles. The molecular weight excluding hydrogens is 352 g/mol. The molecule has 0 aliphatic heterocycles. The molecule has 0 saturated carbocycles. The van der Waals surface area contributed by atoms with Gasteiger partial charge in [-0.3, -0.25) is 4.79 Å². The van der Waals surface area contributed by atoms with Crippen LogP contribution in [0.3, 0.4) is 0 Å². The lowest BCUT2D eigenvalue weighted by atomic mass is 10.3. The molecule has 0 unspecified atom stereocenters. The molecule has 1 amide bonds. The van der Waals surface area contributed by atoms with Gasteiger partial charge in [0, 0.05) is 11.1 Å². The van der Waals surface area contributed by atoms with E-state index in [0.29, 0.717) is 15.8 Å². The van der Waals surface area contributed by atoms with Crippen molar-refractivity contribution in [3.63, 3.8) is 0 Å². The minimum Gasteiger partial charge on any atom is -0.331 e. The number of H-pyrrole nitrogens is 1. The number of carbonyl (C=O) groups is 1. The molecule has 0 saturated heterocycles. The van der Waals surface area contributed by atoms with Crippen molar-refractivity contribution >= 4 is 57.9 Å². The molecule has 5 nitrogen and oxygen atoms in total. The van der Waals surface area contributed by atoms with E-state index in [1.54, 1.807) is 24.0 Å². The number of nitrogens with zero attached hydrogens (tertiary/aromatic N) is 2. The Morgan fingerprint density at radius 2 is 2.22 bits per heavy atom. The Labute approximate surface area is 146 Å². The molecule has 8 heteroatoms. The first kappa shape index (κ1) is 16.2. The average molecular weight is 365 g/mol. The number of aromatic nitrogens is 3. The molecule has 3 rings (SSSR count). The van der Waals surface area contributed by atoms with Crippen molar-refractivity contribution in [1.82, 2.24) is 15.0 Å². The summed E-state index contributed by atoms with van der Waals surface area (Å²) in [5.74, 6) is 0.180. The zero-order valence-corrected chi connectivity index (χ0v) is 14.6. The predicted molar refractivity (Wildman–Crippen MR) is 96.5 cm³/mol. The van der Waals surface area contributed by atoms with E-state index < -0.39 is 0 Å². The summed E-state index contributed by atoms with van der Waals surface area (Å²) in [6.45, 7) is 0. The first-order valence-corrected chi connectivity index (χ1v) is 9.31. The number of amides is 1. The summed E-state index contributed by atoms with van der Waals surface area (Å²) in [6.07, 6.45) is 3.53. The predicted octanol–water partition coefficient (Wildman–Crippen LogP) is 4.06. The van der Waals surface area contributed by atoms with E-state index in [-0.39, 0.29) is 11.7 Å². The highest BCUT2D eigenvalue weighted by Crippen LogP contribution is 2.25. The molecular formula is C15H13ClN4OS2. The maximum Gasteiger partial charge on any atom is 0.234 e. The van der Waals surface area contributed by atoms with Gasteiger partial charge < -0.3 is 10.3 Å². The second kappa shape index (κ2) is 7.25. The number of hydrogen-bond donors (Lipinski definition) is 2. The van der Waals surface area contributed by atoms with Gasteiger partial charge >= 0.3 is 0 Å². The van der Waals surface area contributed by atoms with Crippen molar-refractivity contribution in [1.29, 1.82) is 0 Å². The number of carbonyl (C=O) groups excluding carboxylic acids is 1. The minimum absolute atomic E-state index is 0.0806. The van der Waals surface area contributed by atoms with Gasteiger partial charge in [0.05, 0.1) is 22.0 Å². The smallest absolute Gasteiger partial charge is 0.234 e. The van der Waals surface area contributed by atoms with Crippen LogP contribution in [0.15, 0.2) is 46.6 Å². The SMILES string of the molecule is CSc1ccccc1NC(=O)CSc1nc2ncc(Cl)cc2[nH]1. The topological polar surface area (TPSA) is 70.7 Å². The summed E-state index contributed by atoms with van der Waals surface area (Å²) >= 11 is 8.81. The van der Waals surface area contributed by atoms with Gasteiger partial charge in [-0.15, -0.1) is 11.8 Å². The van der Waals surface area contributed by atoms with E-state index in [4.69, 9.17) is 11.6 Å². The first-order valence-electron chi connectivity index (χ1n) is 6.72. The standard InChI is InChI=1S/C15H13ClN4OS2/c1-22-12-5-3-2-4-10(12)18-13(21)8-23-15-19-11-6-9(16)7-17-14(11)20-15/h2-7H,8H2,1H3,(H,18,21)(H,17,19,20). The highest BCUT2D eigenvalue weighted by atomic mass is 35.5. The number of para-hydroxylation sites is 1. The number of aromatic amines is 1. The van der Waals surface area contributed by atoms with Gasteiger partial charge in [-0.1, -0.05) is 35.5 Å². The van der Waals surface area contributed by atoms with Crippen molar-refractivity contribution < 1.29 is 4.79 Å². The number of imidazole rings is 1. The van der Waals surface area contributed by atoms with Crippen molar-refractivity contribution in [2.45, 2.75) is 10.1 Å². The van der Waals surface area contributed by atoms with E-state index >= 15 is 0 Å². The minimum atomic E-state index is -0.0806. The summed E-state index contributed by atoms with van der Waals surface area (Å²) in [5, 5.41) is 4.10. The highest BCUT2D eigenvalue weighted by molar-refractivity contribution is 7.99. The van der Waals surface area contributed by atoms with E-state index in [1.807, 2.05) is 30.5 Å². The van der Waals surface area contributed by atoms with Gasteiger partial charge in [0.15, 0.2) is 10.8 Å². The fourth-order valence-electron chi connectivity index (χ4n) is 1.99. The van der Waals surface area contributed by atoms with Crippen LogP contribution in [0.4, 0.5) is 5.69 Å². The summed E-state index contributed by atoms with van der Waals surface area (Å²) in [4.78, 5) is 24.7. The molecule has 0 atom stereocenters. The maximum absolute atomic E-state index is 12.1. The molecule has 0 aliphatic carbocycles. The van der Waals surface area contributed by atoms with Crippen LogP contribution in [-0.2, 0) is 4.79 Å². The van der Waals surface area contributed by atoms with E-state index in [1.165, 1.54) is 11.8 Å². The third kappa shape index (κ3) is 3.99. The van der Waals surface area contributed by atoms with Crippen LogP contribution in [0.1, 0.15) is 0 Å². The lowest BCUT2D eigenvalue weighted by Gasteiger charge is -2.08. The molecule has 2 N–H and O–H groups in total. The van der Waals surface area contributed by atoms with Crippen LogP contribution in [0.25, 0.3) is 11.2 Å². The van der Waals surface area contributed by atoms with Crippen molar-refractivity contribution in [2.75, 3.05) is 17.3 Å². The fraction of sp³-hybridized carbons (Fsp3) is 0.133. The van der Waals surface area contributed by atoms with Crippen LogP contribution in [0.2, 0.25) is 5.02 Å². The third-order valence-corrected chi connectivity index (χ3v) is 4.88. The normalized spacial score (nSPS) is 10.9. The fourth-order valence-corrected chi connectivity index (χ4v) is 3.37. The molecule has 0 aliphatic rings. The molecule has 118 valence electrons. The number of anilines is 1. The Morgan fingerprint density at radius 3 is 3.04 bits per heavy atom.